The van der Waals surface area contributed by atoms with Gasteiger partial charge < -0.3 is 48.4 Å². The second-order valence-corrected chi connectivity index (χ2v) is 13.5. The molecule has 4 unspecified atom stereocenters. The zero-order chi connectivity index (χ0) is 41.0. The van der Waals surface area contributed by atoms with Crippen LogP contribution >= 0.6 is 0 Å². The Balaban J connectivity index is 1.28. The fourth-order valence-corrected chi connectivity index (χ4v) is 6.51. The highest BCUT2D eigenvalue weighted by atomic mass is 16.7. The molecule has 0 fully saturated rings. The van der Waals surface area contributed by atoms with Gasteiger partial charge in [-0.25, -0.2) is 0 Å². The molecule has 0 heterocycles. The highest BCUT2D eigenvalue weighted by Gasteiger charge is 2.17. The minimum atomic E-state index is -0.914. The zero-order valence-electron chi connectivity index (χ0n) is 33.8. The van der Waals surface area contributed by atoms with Gasteiger partial charge in [-0.05, 0) is 174 Å². The molecule has 10 nitrogen and oxygen atoms in total. The van der Waals surface area contributed by atoms with Gasteiger partial charge in [-0.2, -0.15) is 0 Å². The molecule has 0 aliphatic carbocycles. The van der Waals surface area contributed by atoms with Crippen molar-refractivity contribution in [1.29, 1.82) is 0 Å². The predicted octanol–water partition coefficient (Wildman–Crippen LogP) is 11.2. The maximum absolute atomic E-state index is 9.73. The van der Waals surface area contributed by atoms with E-state index in [-0.39, 0.29) is 12.6 Å². The molecule has 6 aromatic carbocycles. The van der Waals surface area contributed by atoms with Gasteiger partial charge in [0.1, 0.15) is 23.0 Å². The second-order valence-electron chi connectivity index (χ2n) is 13.5. The van der Waals surface area contributed by atoms with Crippen LogP contribution in [0.15, 0.2) is 146 Å². The van der Waals surface area contributed by atoms with Gasteiger partial charge in [0, 0.05) is 47.3 Å². The Morgan fingerprint density at radius 2 is 0.586 bits per heavy atom. The molecule has 0 spiro atoms. The highest BCUT2D eigenvalue weighted by Crippen LogP contribution is 2.40. The lowest BCUT2D eigenvalue weighted by Crippen LogP contribution is -2.16. The summed E-state index contributed by atoms with van der Waals surface area (Å²) in [6.45, 7) is 11.9. The molecular formula is C48H52N2O8. The number of ether oxygens (including phenoxy) is 6. The number of nitrogens with zero attached hydrogens (tertiary/aromatic N) is 2. The molecule has 6 rings (SSSR count). The average molecular weight is 785 g/mol. The molecule has 0 radical (unpaired) electrons. The molecule has 58 heavy (non-hydrogen) atoms. The van der Waals surface area contributed by atoms with Gasteiger partial charge in [0.15, 0.2) is 25.2 Å². The van der Waals surface area contributed by atoms with E-state index in [0.29, 0.717) is 36.2 Å². The van der Waals surface area contributed by atoms with Gasteiger partial charge in [0.25, 0.3) is 0 Å². The van der Waals surface area contributed by atoms with Crippen LogP contribution in [-0.2, 0) is 9.47 Å². The number of hydrogen-bond acceptors (Lipinski definition) is 10. The molecule has 4 atom stereocenters. The van der Waals surface area contributed by atoms with Gasteiger partial charge in [0.2, 0.25) is 0 Å². The third-order valence-electron chi connectivity index (χ3n) is 8.98. The molecule has 2 N–H and O–H groups in total. The topological polar surface area (TPSA) is 102 Å². The van der Waals surface area contributed by atoms with Crippen LogP contribution in [0.2, 0.25) is 0 Å². The summed E-state index contributed by atoms with van der Waals surface area (Å²) in [4.78, 5) is 4.30. The maximum atomic E-state index is 9.73. The first-order chi connectivity index (χ1) is 28.1. The molecule has 0 amide bonds. The van der Waals surface area contributed by atoms with Gasteiger partial charge in [-0.3, -0.25) is 0 Å². The van der Waals surface area contributed by atoms with Crippen molar-refractivity contribution in [2.24, 2.45) is 0 Å². The third kappa shape index (κ3) is 11.1. The first kappa shape index (κ1) is 41.6. The molecular weight excluding hydrogens is 733 g/mol. The third-order valence-corrected chi connectivity index (χ3v) is 8.98. The standard InChI is InChI=1S/C48H52N2O8/c1-7-53-35(5)57-47-29-21-43(22-30-47)49(41-17-25-45(26-18-41)55-33(3)51)39-13-9-37(10-14-39)38-11-15-40(16-12-38)50(42-19-27-46(28-20-42)56-34(4)52)44-23-31-48(32-24-44)58-36(6)54-8-2/h9-36,51-52H,7-8H2,1-6H3. The van der Waals surface area contributed by atoms with E-state index in [2.05, 4.69) is 58.3 Å². The van der Waals surface area contributed by atoms with Crippen molar-refractivity contribution < 1.29 is 38.6 Å². The number of aliphatic hydroxyl groups is 2. The summed E-state index contributed by atoms with van der Waals surface area (Å²) in [5.41, 5.74) is 7.73. The van der Waals surface area contributed by atoms with Crippen molar-refractivity contribution in [3.05, 3.63) is 146 Å². The molecule has 0 aliphatic heterocycles. The van der Waals surface area contributed by atoms with Crippen LogP contribution in [0.4, 0.5) is 34.1 Å². The summed E-state index contributed by atoms with van der Waals surface area (Å²) in [5, 5.41) is 19.5. The van der Waals surface area contributed by atoms with E-state index < -0.39 is 12.6 Å². The summed E-state index contributed by atoms with van der Waals surface area (Å²) < 4.78 is 34.0. The van der Waals surface area contributed by atoms with Crippen molar-refractivity contribution in [2.75, 3.05) is 23.0 Å². The van der Waals surface area contributed by atoms with Crippen LogP contribution in [0.3, 0.4) is 0 Å². The van der Waals surface area contributed by atoms with Crippen LogP contribution in [0, 0.1) is 0 Å². The van der Waals surface area contributed by atoms with E-state index in [1.807, 2.05) is 125 Å². The van der Waals surface area contributed by atoms with Crippen molar-refractivity contribution in [3.8, 4) is 34.1 Å². The van der Waals surface area contributed by atoms with E-state index >= 15 is 0 Å². The summed E-state index contributed by atoms with van der Waals surface area (Å²) >= 11 is 0. The van der Waals surface area contributed by atoms with E-state index in [1.165, 1.54) is 0 Å². The lowest BCUT2D eigenvalue weighted by atomic mass is 10.0. The Hall–Kier alpha value is -6.04. The minimum Gasteiger partial charge on any atom is -0.465 e. The molecule has 0 bridgehead atoms. The lowest BCUT2D eigenvalue weighted by molar-refractivity contribution is -0.0616. The highest BCUT2D eigenvalue weighted by molar-refractivity contribution is 5.81. The smallest absolute Gasteiger partial charge is 0.196 e. The normalized spacial score (nSPS) is 13.2. The SMILES string of the molecule is CCOC(C)Oc1ccc(N(c2ccc(OC(C)O)cc2)c2ccc(-c3ccc(N(c4ccc(OC(C)O)cc4)c4ccc(OC(C)OCC)cc4)cc3)cc2)cc1. The first-order valence-corrected chi connectivity index (χ1v) is 19.6. The van der Waals surface area contributed by atoms with E-state index in [9.17, 15) is 10.2 Å². The van der Waals surface area contributed by atoms with Gasteiger partial charge in [-0.15, -0.1) is 0 Å². The summed E-state index contributed by atoms with van der Waals surface area (Å²) in [5.74, 6) is 2.57. The Bertz CT molecular complexity index is 1970. The number of benzene rings is 6. The zero-order valence-corrected chi connectivity index (χ0v) is 33.8. The molecule has 0 saturated heterocycles. The number of anilines is 6. The van der Waals surface area contributed by atoms with Crippen molar-refractivity contribution in [2.45, 2.75) is 66.7 Å². The average Bonchev–Trinajstić information content (AvgIpc) is 3.21. The lowest BCUT2D eigenvalue weighted by Gasteiger charge is -2.27. The molecule has 0 aliphatic rings. The quantitative estimate of drug-likeness (QED) is 0.0772. The Morgan fingerprint density at radius 3 is 0.810 bits per heavy atom. The summed E-state index contributed by atoms with van der Waals surface area (Å²) in [7, 11) is 0. The molecule has 302 valence electrons. The van der Waals surface area contributed by atoms with E-state index in [1.54, 1.807) is 13.8 Å². The first-order valence-electron chi connectivity index (χ1n) is 19.6. The van der Waals surface area contributed by atoms with Gasteiger partial charge >= 0.3 is 0 Å². The monoisotopic (exact) mass is 784 g/mol. The van der Waals surface area contributed by atoms with Crippen molar-refractivity contribution in [3.63, 3.8) is 0 Å². The Morgan fingerprint density at radius 1 is 0.362 bits per heavy atom. The fraction of sp³-hybridized carbons (Fsp3) is 0.250. The van der Waals surface area contributed by atoms with E-state index in [0.717, 1.165) is 45.3 Å². The Labute approximate surface area is 341 Å². The van der Waals surface area contributed by atoms with Crippen LogP contribution < -0.4 is 28.7 Å². The van der Waals surface area contributed by atoms with Gasteiger partial charge in [-0.1, -0.05) is 24.3 Å². The number of aliphatic hydroxyl groups excluding tert-OH is 2. The molecule has 10 heteroatoms. The Kier molecular flexibility index (Phi) is 14.3. The van der Waals surface area contributed by atoms with Crippen LogP contribution in [0.25, 0.3) is 11.1 Å². The van der Waals surface area contributed by atoms with E-state index in [4.69, 9.17) is 28.4 Å². The van der Waals surface area contributed by atoms with Crippen LogP contribution in [0.5, 0.6) is 23.0 Å². The van der Waals surface area contributed by atoms with Crippen LogP contribution in [0.1, 0.15) is 41.5 Å². The summed E-state index contributed by atoms with van der Waals surface area (Å²) in [6, 6.07) is 47.9. The van der Waals surface area contributed by atoms with Crippen molar-refractivity contribution >= 4 is 34.1 Å². The van der Waals surface area contributed by atoms with Crippen molar-refractivity contribution in [1.82, 2.24) is 0 Å². The maximum Gasteiger partial charge on any atom is 0.196 e. The van der Waals surface area contributed by atoms with Gasteiger partial charge in [0.05, 0.1) is 0 Å². The minimum absolute atomic E-state index is 0.358. The molecule has 0 saturated carbocycles. The largest absolute Gasteiger partial charge is 0.465 e. The summed E-state index contributed by atoms with van der Waals surface area (Å²) in [6.07, 6.45) is -2.54. The number of hydrogen-bond donors (Lipinski definition) is 2. The number of rotatable bonds is 19. The predicted molar refractivity (Wildman–Crippen MR) is 229 cm³/mol. The molecule has 0 aromatic heterocycles. The van der Waals surface area contributed by atoms with Crippen LogP contribution in [-0.4, -0.2) is 48.6 Å². The second kappa shape index (κ2) is 19.9. The molecule has 6 aromatic rings. The fourth-order valence-electron chi connectivity index (χ4n) is 6.51.